The molecule has 0 aromatic heterocycles. The molecule has 8 atom stereocenters. The van der Waals surface area contributed by atoms with Gasteiger partial charge < -0.3 is 39.9 Å². The quantitative estimate of drug-likeness (QED) is 0.0204. The van der Waals surface area contributed by atoms with Gasteiger partial charge in [0, 0.05) is 12.8 Å². The Hall–Kier alpha value is -2.97. The van der Waals surface area contributed by atoms with Crippen LogP contribution in [0.4, 0.5) is 0 Å². The van der Waals surface area contributed by atoms with E-state index in [1.54, 1.807) is 0 Å². The van der Waals surface area contributed by atoms with E-state index in [-0.39, 0.29) is 12.8 Å². The van der Waals surface area contributed by atoms with Crippen molar-refractivity contribution < 1.29 is 63.1 Å². The minimum Gasteiger partial charge on any atom is -0.462 e. The summed E-state index contributed by atoms with van der Waals surface area (Å²) in [6.07, 6.45) is 22.6. The van der Waals surface area contributed by atoms with E-state index in [0.29, 0.717) is 19.3 Å². The molecule has 1 rings (SSSR count). The Bertz CT molecular complexity index is 1260. The zero-order chi connectivity index (χ0) is 39.3. The molecule has 0 aromatic rings. The lowest BCUT2D eigenvalue weighted by Crippen LogP contribution is -2.64. The molecule has 14 heteroatoms. The lowest BCUT2D eigenvalue weighted by Gasteiger charge is -2.41. The van der Waals surface area contributed by atoms with Crippen molar-refractivity contribution in [2.24, 2.45) is 0 Å². The number of ether oxygens (including phenoxy) is 2. The monoisotopic (exact) mass is 768 g/mol. The molecule has 13 nitrogen and oxygen atoms in total. The average molecular weight is 769 g/mol. The normalized spacial score (nSPS) is 24.5. The van der Waals surface area contributed by atoms with Gasteiger partial charge in [-0.05, 0) is 57.8 Å². The molecule has 0 aromatic carbocycles. The number of carbonyl (C=O) groups excluding carboxylic acids is 2. The predicted molar refractivity (Wildman–Crippen MR) is 202 cm³/mol. The van der Waals surface area contributed by atoms with Gasteiger partial charge in [0.05, 0.1) is 6.61 Å². The summed E-state index contributed by atoms with van der Waals surface area (Å²) >= 11 is 0. The first-order valence-corrected chi connectivity index (χ1v) is 19.9. The number of hydrogen-bond acceptors (Lipinski definition) is 12. The van der Waals surface area contributed by atoms with Crippen LogP contribution in [0.5, 0.6) is 0 Å². The summed E-state index contributed by atoms with van der Waals surface area (Å²) < 4.78 is 33.2. The molecule has 300 valence electrons. The highest BCUT2D eigenvalue weighted by Crippen LogP contribution is 2.47. The molecular formula is C39H61O13P. The van der Waals surface area contributed by atoms with Gasteiger partial charge in [0.15, 0.2) is 6.10 Å². The zero-order valence-corrected chi connectivity index (χ0v) is 31.9. The first kappa shape index (κ1) is 48.0. The fraction of sp³-hybridized carbons (Fsp3) is 0.590. The van der Waals surface area contributed by atoms with Crippen LogP contribution in [0.1, 0.15) is 90.9 Å². The van der Waals surface area contributed by atoms with Crippen molar-refractivity contribution >= 4 is 19.8 Å². The van der Waals surface area contributed by atoms with Gasteiger partial charge in [-0.1, -0.05) is 105 Å². The fourth-order valence-electron chi connectivity index (χ4n) is 4.85. The van der Waals surface area contributed by atoms with Crippen LogP contribution in [0.25, 0.3) is 0 Å². The topological polar surface area (TPSA) is 210 Å². The molecule has 6 N–H and O–H groups in total. The maximum atomic E-state index is 12.7. The number of phosphoric acid groups is 1. The zero-order valence-electron chi connectivity index (χ0n) is 31.0. The van der Waals surface area contributed by atoms with Gasteiger partial charge in [-0.3, -0.25) is 18.6 Å². The van der Waals surface area contributed by atoms with Gasteiger partial charge in [0.25, 0.3) is 0 Å². The molecule has 1 fully saturated rings. The first-order valence-electron chi connectivity index (χ1n) is 18.4. The van der Waals surface area contributed by atoms with Gasteiger partial charge >= 0.3 is 19.8 Å². The number of aliphatic hydroxyl groups excluding tert-OH is 5. The molecule has 1 aliphatic rings. The standard InChI is InChI=1S/C39H61O13P/c1-3-5-7-9-11-13-15-16-18-20-22-24-26-28-33(41)51-31(29-49-32(40)27-25-23-21-19-17-14-12-10-8-6-4-2)30-50-53(47,48)52-39-37(45)35(43)34(42)36(44)38(39)46/h5-9,11-16,18-19,21,31,34-39,42-46H,3-4,10,17,20,22-30H2,1-2H3,(H,47,48)/b7-5+,8-6+,11-9+,14-12+,15-13+,18-16+,21-19+/t31?,34?,35-,36?,37?,38?,39?/m1/s1. The summed E-state index contributed by atoms with van der Waals surface area (Å²) in [6.45, 7) is 2.89. The van der Waals surface area contributed by atoms with E-state index < -0.39 is 75.7 Å². The Labute approximate surface area is 314 Å². The van der Waals surface area contributed by atoms with Crippen LogP contribution < -0.4 is 0 Å². The van der Waals surface area contributed by atoms with E-state index in [2.05, 4.69) is 44.2 Å². The second-order valence-corrected chi connectivity index (χ2v) is 13.8. The maximum Gasteiger partial charge on any atom is 0.472 e. The van der Waals surface area contributed by atoms with E-state index in [4.69, 9.17) is 18.5 Å². The molecule has 0 amide bonds. The molecule has 53 heavy (non-hydrogen) atoms. The maximum absolute atomic E-state index is 12.7. The lowest BCUT2D eigenvalue weighted by molar-refractivity contribution is -0.220. The number of unbranched alkanes of at least 4 members (excludes halogenated alkanes) is 4. The Kier molecular flexibility index (Phi) is 26.7. The van der Waals surface area contributed by atoms with Crippen LogP contribution in [0.15, 0.2) is 85.1 Å². The molecule has 0 heterocycles. The highest BCUT2D eigenvalue weighted by molar-refractivity contribution is 7.47. The van der Waals surface area contributed by atoms with Crippen LogP contribution in [-0.4, -0.2) is 98.3 Å². The largest absolute Gasteiger partial charge is 0.472 e. The number of aliphatic hydroxyl groups is 5. The summed E-state index contributed by atoms with van der Waals surface area (Å²) in [4.78, 5) is 35.3. The number of hydrogen-bond donors (Lipinski definition) is 6. The summed E-state index contributed by atoms with van der Waals surface area (Å²) in [5.41, 5.74) is 0. The predicted octanol–water partition coefficient (Wildman–Crippen LogP) is 5.38. The van der Waals surface area contributed by atoms with E-state index in [1.165, 1.54) is 0 Å². The minimum atomic E-state index is -5.13. The number of esters is 2. The molecule has 1 aliphatic carbocycles. The first-order chi connectivity index (χ1) is 25.4. The molecular weight excluding hydrogens is 707 g/mol. The van der Waals surface area contributed by atoms with E-state index in [9.17, 15) is 44.6 Å². The number of rotatable bonds is 27. The van der Waals surface area contributed by atoms with E-state index >= 15 is 0 Å². The van der Waals surface area contributed by atoms with Crippen molar-refractivity contribution in [2.45, 2.75) is 134 Å². The molecule has 0 spiro atoms. The van der Waals surface area contributed by atoms with Crippen LogP contribution in [0, 0.1) is 0 Å². The fourth-order valence-corrected chi connectivity index (χ4v) is 5.82. The van der Waals surface area contributed by atoms with Gasteiger partial charge in [0.1, 0.15) is 43.2 Å². The van der Waals surface area contributed by atoms with Gasteiger partial charge in [-0.25, -0.2) is 4.57 Å². The molecule has 1 saturated carbocycles. The third-order valence-electron chi connectivity index (χ3n) is 7.83. The second kappa shape index (κ2) is 29.4. The smallest absolute Gasteiger partial charge is 0.462 e. The molecule has 0 aliphatic heterocycles. The summed E-state index contributed by atoms with van der Waals surface area (Å²) in [6, 6.07) is 0. The summed E-state index contributed by atoms with van der Waals surface area (Å²) in [5, 5.41) is 49.9. The highest BCUT2D eigenvalue weighted by atomic mass is 31.2. The van der Waals surface area contributed by atoms with Crippen molar-refractivity contribution in [1.82, 2.24) is 0 Å². The Balaban J connectivity index is 2.65. The highest BCUT2D eigenvalue weighted by Gasteiger charge is 2.51. The molecule has 7 unspecified atom stereocenters. The Morgan fingerprint density at radius 1 is 0.604 bits per heavy atom. The van der Waals surface area contributed by atoms with Crippen molar-refractivity contribution in [3.63, 3.8) is 0 Å². The van der Waals surface area contributed by atoms with Crippen LogP contribution in [0.2, 0.25) is 0 Å². The second-order valence-electron chi connectivity index (χ2n) is 12.4. The van der Waals surface area contributed by atoms with Crippen LogP contribution in [-0.2, 0) is 32.7 Å². The van der Waals surface area contributed by atoms with Crippen molar-refractivity contribution in [1.29, 1.82) is 0 Å². The van der Waals surface area contributed by atoms with Gasteiger partial charge in [-0.2, -0.15) is 0 Å². The van der Waals surface area contributed by atoms with Crippen LogP contribution in [0.3, 0.4) is 0 Å². The average Bonchev–Trinajstić information content (AvgIpc) is 3.13. The Morgan fingerprint density at radius 3 is 1.77 bits per heavy atom. The van der Waals surface area contributed by atoms with E-state index in [0.717, 1.165) is 44.9 Å². The molecule has 0 bridgehead atoms. The van der Waals surface area contributed by atoms with E-state index in [1.807, 2.05) is 54.7 Å². The number of phosphoric ester groups is 1. The van der Waals surface area contributed by atoms with Gasteiger partial charge in [0.2, 0.25) is 0 Å². The number of carbonyl (C=O) groups is 2. The summed E-state index contributed by atoms with van der Waals surface area (Å²) in [5.74, 6) is -1.22. The van der Waals surface area contributed by atoms with Crippen molar-refractivity contribution in [3.05, 3.63) is 85.1 Å². The third kappa shape index (κ3) is 22.8. The molecule has 0 radical (unpaired) electrons. The summed E-state index contributed by atoms with van der Waals surface area (Å²) in [7, 11) is -5.13. The Morgan fingerprint density at radius 2 is 1.13 bits per heavy atom. The van der Waals surface area contributed by atoms with Gasteiger partial charge in [-0.15, -0.1) is 0 Å². The lowest BCUT2D eigenvalue weighted by atomic mass is 9.85. The third-order valence-corrected chi connectivity index (χ3v) is 8.81. The minimum absolute atomic E-state index is 0.0347. The van der Waals surface area contributed by atoms with Crippen molar-refractivity contribution in [2.75, 3.05) is 13.2 Å². The number of allylic oxidation sites excluding steroid dienone is 14. The SMILES string of the molecule is CC/C=C/C=C/C=C/C=C/CCCCCC(=O)OC(COC(=O)CCC/C=C/C/C=C/C/C=C/CC)COP(=O)(O)OC1C(O)C(O)C(O)[C@@H](O)C1O. The van der Waals surface area contributed by atoms with Crippen LogP contribution >= 0.6 is 7.82 Å². The van der Waals surface area contributed by atoms with Crippen molar-refractivity contribution in [3.8, 4) is 0 Å². The molecule has 0 saturated heterocycles.